The van der Waals surface area contributed by atoms with Gasteiger partial charge in [-0.2, -0.15) is 0 Å². The summed E-state index contributed by atoms with van der Waals surface area (Å²) in [6, 6.07) is 5.81. The Kier molecular flexibility index (Phi) is 3.31. The Bertz CT molecular complexity index is 657. The van der Waals surface area contributed by atoms with Gasteiger partial charge in [-0.05, 0) is 43.4 Å². The molecule has 0 saturated heterocycles. The van der Waals surface area contributed by atoms with Crippen molar-refractivity contribution in [3.63, 3.8) is 0 Å². The molecule has 0 bridgehead atoms. The third kappa shape index (κ3) is 2.56. The van der Waals surface area contributed by atoms with Crippen LogP contribution >= 0.6 is 0 Å². The first kappa shape index (κ1) is 14.5. The molecule has 0 aliphatic heterocycles. The molecule has 2 fully saturated rings. The van der Waals surface area contributed by atoms with Crippen LogP contribution in [-0.2, 0) is 20.2 Å². The van der Waals surface area contributed by atoms with Gasteiger partial charge in [0.15, 0.2) is 0 Å². The van der Waals surface area contributed by atoms with Gasteiger partial charge >= 0.3 is 5.97 Å². The van der Waals surface area contributed by atoms with E-state index in [0.29, 0.717) is 31.2 Å². The Morgan fingerprint density at radius 1 is 1.19 bits per heavy atom. The normalized spacial score (nSPS) is 26.9. The minimum atomic E-state index is -3.61. The maximum atomic E-state index is 12.1. The number of sulfonamides is 1. The van der Waals surface area contributed by atoms with E-state index < -0.39 is 27.5 Å². The Balaban J connectivity index is 1.76. The van der Waals surface area contributed by atoms with Crippen molar-refractivity contribution in [2.75, 3.05) is 0 Å². The number of rotatable bonds is 5. The van der Waals surface area contributed by atoms with Crippen LogP contribution in [0.15, 0.2) is 29.2 Å². The topological polar surface area (TPSA) is 104 Å². The van der Waals surface area contributed by atoms with Crippen molar-refractivity contribution in [2.45, 2.75) is 48.1 Å². The SMILES string of the molecule is O=C(O)C1(c2ccc(S(=O)(=O)NC3CC(O)C3)cc2)CC1. The van der Waals surface area contributed by atoms with Gasteiger partial charge in [0.1, 0.15) is 0 Å². The van der Waals surface area contributed by atoms with E-state index in [9.17, 15) is 23.4 Å². The van der Waals surface area contributed by atoms with Gasteiger partial charge in [0.2, 0.25) is 10.0 Å². The molecule has 1 aromatic carbocycles. The zero-order chi connectivity index (χ0) is 15.3. The molecule has 2 aliphatic rings. The Morgan fingerprint density at radius 2 is 1.76 bits per heavy atom. The summed E-state index contributed by atoms with van der Waals surface area (Å²) < 4.78 is 26.8. The number of nitrogens with one attached hydrogen (secondary N) is 1. The number of carboxylic acid groups (broad SMARTS) is 1. The van der Waals surface area contributed by atoms with E-state index in [-0.39, 0.29) is 10.9 Å². The molecule has 21 heavy (non-hydrogen) atoms. The number of hydrogen-bond acceptors (Lipinski definition) is 4. The highest BCUT2D eigenvalue weighted by molar-refractivity contribution is 7.89. The standard InChI is InChI=1S/C14H17NO5S/c16-11-7-10(8-11)15-21(19,20)12-3-1-9(2-4-12)14(5-6-14)13(17)18/h1-4,10-11,15-16H,5-8H2,(H,17,18). The zero-order valence-corrected chi connectivity index (χ0v) is 12.1. The van der Waals surface area contributed by atoms with Gasteiger partial charge in [0, 0.05) is 6.04 Å². The monoisotopic (exact) mass is 311 g/mol. The molecule has 0 atom stereocenters. The second kappa shape index (κ2) is 4.79. The van der Waals surface area contributed by atoms with E-state index in [0.717, 1.165) is 0 Å². The van der Waals surface area contributed by atoms with Crippen molar-refractivity contribution in [1.82, 2.24) is 4.72 Å². The first-order valence-electron chi connectivity index (χ1n) is 6.88. The third-order valence-corrected chi connectivity index (χ3v) is 5.85. The van der Waals surface area contributed by atoms with Crippen molar-refractivity contribution in [3.8, 4) is 0 Å². The minimum Gasteiger partial charge on any atom is -0.481 e. The lowest BCUT2D eigenvalue weighted by Gasteiger charge is -2.31. The quantitative estimate of drug-likeness (QED) is 0.739. The first-order valence-corrected chi connectivity index (χ1v) is 8.36. The summed E-state index contributed by atoms with van der Waals surface area (Å²) in [4.78, 5) is 11.4. The highest BCUT2D eigenvalue weighted by atomic mass is 32.2. The minimum absolute atomic E-state index is 0.119. The number of carboxylic acids is 1. The molecule has 2 saturated carbocycles. The van der Waals surface area contributed by atoms with Crippen LogP contribution in [0.2, 0.25) is 0 Å². The van der Waals surface area contributed by atoms with E-state index in [1.165, 1.54) is 12.1 Å². The third-order valence-electron chi connectivity index (χ3n) is 4.31. The Hall–Kier alpha value is -1.44. The summed E-state index contributed by atoms with van der Waals surface area (Å²) in [6.45, 7) is 0. The summed E-state index contributed by atoms with van der Waals surface area (Å²) in [7, 11) is -3.61. The van der Waals surface area contributed by atoms with Crippen LogP contribution in [-0.4, -0.2) is 36.7 Å². The van der Waals surface area contributed by atoms with Crippen molar-refractivity contribution in [3.05, 3.63) is 29.8 Å². The summed E-state index contributed by atoms with van der Waals surface area (Å²) in [5.41, 5.74) is -0.179. The molecule has 7 heteroatoms. The largest absolute Gasteiger partial charge is 0.481 e. The second-order valence-corrected chi connectivity index (χ2v) is 7.57. The number of hydrogen-bond donors (Lipinski definition) is 3. The fourth-order valence-corrected chi connectivity index (χ4v) is 3.94. The number of carbonyl (C=O) groups is 1. The van der Waals surface area contributed by atoms with Crippen LogP contribution < -0.4 is 4.72 Å². The van der Waals surface area contributed by atoms with Gasteiger partial charge in [-0.15, -0.1) is 0 Å². The lowest BCUT2D eigenvalue weighted by atomic mass is 9.91. The summed E-state index contributed by atoms with van der Waals surface area (Å²) >= 11 is 0. The van der Waals surface area contributed by atoms with E-state index in [1.54, 1.807) is 12.1 Å². The van der Waals surface area contributed by atoms with Gasteiger partial charge in [-0.3, -0.25) is 4.79 Å². The van der Waals surface area contributed by atoms with E-state index in [4.69, 9.17) is 0 Å². The molecule has 0 spiro atoms. The van der Waals surface area contributed by atoms with Gasteiger partial charge in [0.05, 0.1) is 16.4 Å². The molecule has 2 aliphatic carbocycles. The van der Waals surface area contributed by atoms with E-state index in [2.05, 4.69) is 4.72 Å². The predicted octanol–water partition coefficient (Wildman–Crippen LogP) is 0.604. The average molecular weight is 311 g/mol. The lowest BCUT2D eigenvalue weighted by molar-refractivity contribution is -0.140. The molecule has 0 radical (unpaired) electrons. The van der Waals surface area contributed by atoms with Gasteiger partial charge in [-0.1, -0.05) is 12.1 Å². The summed E-state index contributed by atoms with van der Waals surface area (Å²) in [6.07, 6.45) is 1.61. The van der Waals surface area contributed by atoms with Crippen LogP contribution in [0.1, 0.15) is 31.2 Å². The molecular formula is C14H17NO5S. The maximum Gasteiger partial charge on any atom is 0.314 e. The number of aliphatic hydroxyl groups excluding tert-OH is 1. The van der Waals surface area contributed by atoms with Crippen molar-refractivity contribution in [1.29, 1.82) is 0 Å². The zero-order valence-electron chi connectivity index (χ0n) is 11.3. The summed E-state index contributed by atoms with van der Waals surface area (Å²) in [5, 5.41) is 18.4. The van der Waals surface area contributed by atoms with Gasteiger partial charge in [0.25, 0.3) is 0 Å². The molecule has 0 heterocycles. The van der Waals surface area contributed by atoms with Crippen molar-refractivity contribution in [2.24, 2.45) is 0 Å². The lowest BCUT2D eigenvalue weighted by Crippen LogP contribution is -2.46. The summed E-state index contributed by atoms with van der Waals surface area (Å²) in [5.74, 6) is -0.861. The molecule has 0 amide bonds. The Labute approximate surface area is 122 Å². The molecule has 3 rings (SSSR count). The highest BCUT2D eigenvalue weighted by Crippen LogP contribution is 2.48. The Morgan fingerprint density at radius 3 is 2.19 bits per heavy atom. The predicted molar refractivity (Wildman–Crippen MR) is 74.3 cm³/mol. The van der Waals surface area contributed by atoms with Crippen molar-refractivity contribution >= 4 is 16.0 Å². The smallest absolute Gasteiger partial charge is 0.314 e. The highest BCUT2D eigenvalue weighted by Gasteiger charge is 2.51. The number of aliphatic carboxylic acids is 1. The molecule has 3 N–H and O–H groups in total. The van der Waals surface area contributed by atoms with Crippen LogP contribution in [0.5, 0.6) is 0 Å². The van der Waals surface area contributed by atoms with Crippen LogP contribution in [0, 0.1) is 0 Å². The molecular weight excluding hydrogens is 294 g/mol. The average Bonchev–Trinajstić information content (AvgIpc) is 3.18. The van der Waals surface area contributed by atoms with Gasteiger partial charge < -0.3 is 10.2 Å². The van der Waals surface area contributed by atoms with E-state index in [1.807, 2.05) is 0 Å². The van der Waals surface area contributed by atoms with Crippen molar-refractivity contribution < 1.29 is 23.4 Å². The van der Waals surface area contributed by atoms with Crippen LogP contribution in [0.3, 0.4) is 0 Å². The molecule has 114 valence electrons. The second-order valence-electron chi connectivity index (χ2n) is 5.86. The molecule has 0 unspecified atom stereocenters. The van der Waals surface area contributed by atoms with Gasteiger partial charge in [-0.25, -0.2) is 13.1 Å². The van der Waals surface area contributed by atoms with E-state index >= 15 is 0 Å². The molecule has 1 aromatic rings. The number of aliphatic hydroxyl groups is 1. The van der Waals surface area contributed by atoms with Crippen LogP contribution in [0.25, 0.3) is 0 Å². The molecule has 0 aromatic heterocycles. The fourth-order valence-electron chi connectivity index (χ4n) is 2.68. The van der Waals surface area contributed by atoms with Crippen LogP contribution in [0.4, 0.5) is 0 Å². The maximum absolute atomic E-state index is 12.1. The number of benzene rings is 1. The molecule has 6 nitrogen and oxygen atoms in total. The first-order chi connectivity index (χ1) is 9.83. The fraction of sp³-hybridized carbons (Fsp3) is 0.500.